The van der Waals surface area contributed by atoms with Crippen LogP contribution in [0.15, 0.2) is 0 Å². The van der Waals surface area contributed by atoms with Gasteiger partial charge in [-0.15, -0.1) is 0 Å². The van der Waals surface area contributed by atoms with E-state index in [0.717, 1.165) is 29.2 Å². The van der Waals surface area contributed by atoms with Crippen LogP contribution in [0, 0.1) is 13.8 Å². The number of aryl methyl sites for hydroxylation is 2. The van der Waals surface area contributed by atoms with Crippen molar-refractivity contribution in [1.82, 2.24) is 14.9 Å². The molecule has 2 N–H and O–H groups in total. The minimum Gasteiger partial charge on any atom is -0.394 e. The van der Waals surface area contributed by atoms with Gasteiger partial charge in [0.05, 0.1) is 25.2 Å². The van der Waals surface area contributed by atoms with Gasteiger partial charge >= 0.3 is 0 Å². The van der Waals surface area contributed by atoms with Gasteiger partial charge in [0.25, 0.3) is 0 Å². The van der Waals surface area contributed by atoms with E-state index in [4.69, 9.17) is 0 Å². The second kappa shape index (κ2) is 7.36. The van der Waals surface area contributed by atoms with Crippen molar-refractivity contribution in [3.63, 3.8) is 0 Å². The van der Waals surface area contributed by atoms with Gasteiger partial charge in [0.2, 0.25) is 5.91 Å². The summed E-state index contributed by atoms with van der Waals surface area (Å²) in [7, 11) is 0. The number of carbonyl (C=O) groups is 1. The number of rotatable bonds is 5. The molecule has 23 heavy (non-hydrogen) atoms. The number of hydrogen-bond donors (Lipinski definition) is 2. The lowest BCUT2D eigenvalue weighted by Crippen LogP contribution is -2.39. The number of aliphatic hydroxyl groups is 2. The molecule has 2 rings (SSSR count). The number of β-amino-alcohol motifs (C(OH)–C–C–N with tert-alkyl or cyclic N) is 1. The molecule has 6 heteroatoms. The summed E-state index contributed by atoms with van der Waals surface area (Å²) in [4.78, 5) is 23.2. The van der Waals surface area contributed by atoms with Gasteiger partial charge < -0.3 is 15.1 Å². The molecule has 0 radical (unpaired) electrons. The van der Waals surface area contributed by atoms with Gasteiger partial charge in [-0.25, -0.2) is 9.97 Å². The third-order valence-electron chi connectivity index (χ3n) is 4.74. The van der Waals surface area contributed by atoms with Gasteiger partial charge in [0, 0.05) is 29.4 Å². The van der Waals surface area contributed by atoms with E-state index in [1.54, 1.807) is 4.90 Å². The summed E-state index contributed by atoms with van der Waals surface area (Å²) in [5.41, 5.74) is 2.52. The highest BCUT2D eigenvalue weighted by Gasteiger charge is 2.34. The third kappa shape index (κ3) is 3.87. The topological polar surface area (TPSA) is 86.6 Å². The number of aromatic nitrogens is 2. The van der Waals surface area contributed by atoms with Gasteiger partial charge in [-0.2, -0.15) is 0 Å². The molecule has 1 unspecified atom stereocenters. The Bertz CT molecular complexity index is 553. The number of nitrogens with zero attached hydrogens (tertiary/aromatic N) is 3. The first-order valence-electron chi connectivity index (χ1n) is 8.29. The second-order valence-corrected chi connectivity index (χ2v) is 6.49. The molecule has 0 saturated carbocycles. The molecule has 1 aromatic rings. The van der Waals surface area contributed by atoms with Gasteiger partial charge in [-0.1, -0.05) is 13.8 Å². The fraction of sp³-hybridized carbons (Fsp3) is 0.706. The molecule has 3 atom stereocenters. The fourth-order valence-electron chi connectivity index (χ4n) is 3.05. The Hall–Kier alpha value is -1.53. The molecule has 0 aliphatic carbocycles. The maximum atomic E-state index is 12.6. The third-order valence-corrected chi connectivity index (χ3v) is 4.74. The highest BCUT2D eigenvalue weighted by Crippen LogP contribution is 2.22. The van der Waals surface area contributed by atoms with Crippen molar-refractivity contribution in [3.05, 3.63) is 22.8 Å². The first-order chi connectivity index (χ1) is 10.9. The molecule has 2 heterocycles. The summed E-state index contributed by atoms with van der Waals surface area (Å²) in [6.45, 7) is 8.18. The summed E-state index contributed by atoms with van der Waals surface area (Å²) in [5.74, 6) is 1.03. The number of aliphatic hydroxyl groups excluding tert-OH is 2. The average Bonchev–Trinajstić information content (AvgIpc) is 2.90. The Kier molecular flexibility index (Phi) is 5.70. The maximum Gasteiger partial charge on any atom is 0.227 e. The zero-order valence-electron chi connectivity index (χ0n) is 14.4. The Morgan fingerprint density at radius 2 is 1.96 bits per heavy atom. The largest absolute Gasteiger partial charge is 0.394 e. The lowest BCUT2D eigenvalue weighted by atomic mass is 10.0. The van der Waals surface area contributed by atoms with Crippen LogP contribution in [-0.4, -0.2) is 56.3 Å². The first-order valence-corrected chi connectivity index (χ1v) is 8.29. The van der Waals surface area contributed by atoms with Crippen molar-refractivity contribution in [1.29, 1.82) is 0 Å². The summed E-state index contributed by atoms with van der Waals surface area (Å²) in [5, 5.41) is 19.1. The van der Waals surface area contributed by atoms with E-state index >= 15 is 0 Å². The van der Waals surface area contributed by atoms with E-state index < -0.39 is 6.10 Å². The van der Waals surface area contributed by atoms with E-state index in [1.807, 2.05) is 13.8 Å². The summed E-state index contributed by atoms with van der Waals surface area (Å²) in [6.07, 6.45) is 1.06. The number of amides is 1. The highest BCUT2D eigenvalue weighted by molar-refractivity contribution is 5.80. The van der Waals surface area contributed by atoms with Gasteiger partial charge in [-0.3, -0.25) is 4.79 Å². The van der Waals surface area contributed by atoms with E-state index in [-0.39, 0.29) is 31.5 Å². The second-order valence-electron chi connectivity index (χ2n) is 6.49. The Labute approximate surface area is 137 Å². The van der Waals surface area contributed by atoms with Crippen LogP contribution in [0.25, 0.3) is 0 Å². The molecule has 128 valence electrons. The van der Waals surface area contributed by atoms with Crippen LogP contribution >= 0.6 is 0 Å². The lowest BCUT2D eigenvalue weighted by molar-refractivity contribution is -0.132. The molecular weight excluding hydrogens is 294 g/mol. The van der Waals surface area contributed by atoms with Crippen molar-refractivity contribution >= 4 is 5.91 Å². The summed E-state index contributed by atoms with van der Waals surface area (Å²) >= 11 is 0. The summed E-state index contributed by atoms with van der Waals surface area (Å²) in [6, 6.07) is -0.293. The van der Waals surface area contributed by atoms with Crippen LogP contribution in [0.1, 0.15) is 55.4 Å². The van der Waals surface area contributed by atoms with Gasteiger partial charge in [0.1, 0.15) is 5.82 Å². The SMILES string of the molecule is CCC(C)c1nc(C)c(CC(=O)N2C[C@@H](O)C[C@H]2CO)c(C)n1. The highest BCUT2D eigenvalue weighted by atomic mass is 16.3. The molecule has 0 bridgehead atoms. The molecule has 1 aromatic heterocycles. The van der Waals surface area contributed by atoms with E-state index in [1.165, 1.54) is 0 Å². The first kappa shape index (κ1) is 17.8. The smallest absolute Gasteiger partial charge is 0.227 e. The standard InChI is InChI=1S/C17H27N3O3/c1-5-10(2)17-18-11(3)15(12(4)19-17)7-16(23)20-8-14(22)6-13(20)9-21/h10,13-14,21-22H,5-9H2,1-4H3/t10?,13-,14-/m0/s1. The molecule has 1 aliphatic rings. The number of carbonyl (C=O) groups excluding carboxylic acids is 1. The molecule has 1 fully saturated rings. The van der Waals surface area contributed by atoms with Crippen LogP contribution in [0.5, 0.6) is 0 Å². The van der Waals surface area contributed by atoms with Crippen molar-refractivity contribution in [2.24, 2.45) is 0 Å². The molecule has 6 nitrogen and oxygen atoms in total. The van der Waals surface area contributed by atoms with Crippen LogP contribution < -0.4 is 0 Å². The lowest BCUT2D eigenvalue weighted by Gasteiger charge is -2.23. The van der Waals surface area contributed by atoms with E-state index in [2.05, 4.69) is 23.8 Å². The molecule has 0 spiro atoms. The monoisotopic (exact) mass is 321 g/mol. The van der Waals surface area contributed by atoms with Crippen molar-refractivity contribution in [2.75, 3.05) is 13.2 Å². The van der Waals surface area contributed by atoms with Crippen molar-refractivity contribution in [3.8, 4) is 0 Å². The van der Waals surface area contributed by atoms with E-state index in [0.29, 0.717) is 12.3 Å². The molecule has 1 saturated heterocycles. The molecule has 0 aromatic carbocycles. The quantitative estimate of drug-likeness (QED) is 0.848. The minimum absolute atomic E-state index is 0.0910. The Morgan fingerprint density at radius 3 is 2.48 bits per heavy atom. The maximum absolute atomic E-state index is 12.6. The molecule has 1 aliphatic heterocycles. The van der Waals surface area contributed by atoms with Crippen LogP contribution in [-0.2, 0) is 11.2 Å². The van der Waals surface area contributed by atoms with Gasteiger partial charge in [-0.05, 0) is 26.7 Å². The zero-order chi connectivity index (χ0) is 17.1. The normalized spacial score (nSPS) is 22.4. The molecular formula is C17H27N3O3. The van der Waals surface area contributed by atoms with Crippen LogP contribution in [0.3, 0.4) is 0 Å². The molecule has 1 amide bonds. The zero-order valence-corrected chi connectivity index (χ0v) is 14.4. The van der Waals surface area contributed by atoms with E-state index in [9.17, 15) is 15.0 Å². The Balaban J connectivity index is 2.18. The van der Waals surface area contributed by atoms with Crippen LogP contribution in [0.4, 0.5) is 0 Å². The number of hydrogen-bond acceptors (Lipinski definition) is 5. The summed E-state index contributed by atoms with van der Waals surface area (Å²) < 4.78 is 0. The Morgan fingerprint density at radius 1 is 1.35 bits per heavy atom. The minimum atomic E-state index is -0.553. The van der Waals surface area contributed by atoms with Gasteiger partial charge in [0.15, 0.2) is 0 Å². The van der Waals surface area contributed by atoms with Crippen molar-refractivity contribution < 1.29 is 15.0 Å². The van der Waals surface area contributed by atoms with Crippen LogP contribution in [0.2, 0.25) is 0 Å². The average molecular weight is 321 g/mol. The number of likely N-dealkylation sites (tertiary alicyclic amines) is 1. The fourth-order valence-corrected chi connectivity index (χ4v) is 3.05. The predicted octanol–water partition coefficient (Wildman–Crippen LogP) is 1.10. The van der Waals surface area contributed by atoms with Crippen molar-refractivity contribution in [2.45, 2.75) is 65.0 Å². The predicted molar refractivity (Wildman–Crippen MR) is 87.1 cm³/mol.